The molecule has 0 radical (unpaired) electrons. The first-order valence-electron chi connectivity index (χ1n) is 6.71. The van der Waals surface area contributed by atoms with Crippen molar-refractivity contribution in [3.8, 4) is 0 Å². The summed E-state index contributed by atoms with van der Waals surface area (Å²) in [5.74, 6) is -0.661. The number of aromatic amines is 1. The summed E-state index contributed by atoms with van der Waals surface area (Å²) in [5, 5.41) is 3.77. The molecule has 0 aliphatic carbocycles. The normalized spacial score (nSPS) is 12.2. The van der Waals surface area contributed by atoms with E-state index in [1.165, 1.54) is 10.9 Å². The highest BCUT2D eigenvalue weighted by Crippen LogP contribution is 2.19. The van der Waals surface area contributed by atoms with E-state index in [-0.39, 0.29) is 5.91 Å². The predicted octanol–water partition coefficient (Wildman–Crippen LogP) is 1.48. The summed E-state index contributed by atoms with van der Waals surface area (Å²) in [4.78, 5) is 25.7. The van der Waals surface area contributed by atoms with Crippen LogP contribution in [-0.2, 0) is 16.0 Å². The van der Waals surface area contributed by atoms with Gasteiger partial charge in [-0.25, -0.2) is 0 Å². The van der Waals surface area contributed by atoms with Gasteiger partial charge in [-0.3, -0.25) is 9.59 Å². The van der Waals surface area contributed by atoms with Gasteiger partial charge < -0.3 is 16.0 Å². The van der Waals surface area contributed by atoms with E-state index in [2.05, 4.69) is 16.4 Å². The molecule has 0 saturated carbocycles. The summed E-state index contributed by atoms with van der Waals surface area (Å²) < 4.78 is 0. The number of carbonyl (C=O) groups is 2. The van der Waals surface area contributed by atoms with Crippen molar-refractivity contribution in [2.45, 2.75) is 32.2 Å². The molecule has 0 aliphatic heterocycles. The van der Waals surface area contributed by atoms with Crippen molar-refractivity contribution in [1.29, 1.82) is 0 Å². The molecule has 1 aromatic carbocycles. The number of carbonyl (C=O) groups excluding carboxylic acids is 2. The fraction of sp³-hybridized carbons (Fsp3) is 0.333. The third kappa shape index (κ3) is 3.38. The van der Waals surface area contributed by atoms with E-state index in [9.17, 15) is 9.59 Å². The minimum atomic E-state index is -0.615. The minimum Gasteiger partial charge on any atom is -0.368 e. The predicted molar refractivity (Wildman–Crippen MR) is 78.0 cm³/mol. The Morgan fingerprint density at radius 3 is 2.85 bits per heavy atom. The summed E-state index contributed by atoms with van der Waals surface area (Å²) in [6.07, 6.45) is 3.92. The maximum atomic E-state index is 11.6. The second kappa shape index (κ2) is 6.23. The van der Waals surface area contributed by atoms with Crippen LogP contribution in [0.1, 0.15) is 25.3 Å². The monoisotopic (exact) mass is 273 g/mol. The third-order valence-electron chi connectivity index (χ3n) is 3.33. The molecule has 5 nitrogen and oxygen atoms in total. The highest BCUT2D eigenvalue weighted by molar-refractivity contribution is 5.86. The van der Waals surface area contributed by atoms with Crippen molar-refractivity contribution in [2.24, 2.45) is 5.73 Å². The second-order valence-electron chi connectivity index (χ2n) is 4.90. The van der Waals surface area contributed by atoms with E-state index in [1.54, 1.807) is 6.92 Å². The van der Waals surface area contributed by atoms with Gasteiger partial charge in [-0.2, -0.15) is 0 Å². The van der Waals surface area contributed by atoms with Crippen LogP contribution < -0.4 is 11.1 Å². The van der Waals surface area contributed by atoms with Gasteiger partial charge in [0.25, 0.3) is 0 Å². The molecule has 0 fully saturated rings. The Kier molecular flexibility index (Phi) is 4.40. The van der Waals surface area contributed by atoms with Crippen LogP contribution in [0.25, 0.3) is 10.9 Å². The van der Waals surface area contributed by atoms with E-state index in [1.807, 2.05) is 24.4 Å². The number of fused-ring (bicyclic) bond motifs is 1. The standard InChI is InChI=1S/C15H19N3O2/c1-10(15(16)20)18-14(19)8-4-5-11-9-17-13-7-3-2-6-12(11)13/h2-3,6-7,9-10,17H,4-5,8H2,1H3,(H2,16,20)(H,18,19). The van der Waals surface area contributed by atoms with Crippen molar-refractivity contribution in [2.75, 3.05) is 0 Å². The molecule has 20 heavy (non-hydrogen) atoms. The summed E-state index contributed by atoms with van der Waals surface area (Å²) in [6.45, 7) is 1.58. The van der Waals surface area contributed by atoms with Crippen molar-refractivity contribution in [3.05, 3.63) is 36.0 Å². The van der Waals surface area contributed by atoms with Crippen LogP contribution in [-0.4, -0.2) is 22.8 Å². The number of H-pyrrole nitrogens is 1. The number of rotatable bonds is 6. The summed E-state index contributed by atoms with van der Waals surface area (Å²) in [7, 11) is 0. The first-order valence-corrected chi connectivity index (χ1v) is 6.71. The smallest absolute Gasteiger partial charge is 0.239 e. The Bertz CT molecular complexity index is 618. The van der Waals surface area contributed by atoms with E-state index in [4.69, 9.17) is 5.73 Å². The molecule has 2 aromatic rings. The fourth-order valence-corrected chi connectivity index (χ4v) is 2.16. The summed E-state index contributed by atoms with van der Waals surface area (Å²) in [6, 6.07) is 7.47. The van der Waals surface area contributed by atoms with Crippen LogP contribution in [0.4, 0.5) is 0 Å². The molecule has 106 valence electrons. The molecule has 0 saturated heterocycles. The Labute approximate surface area is 117 Å². The van der Waals surface area contributed by atoms with Crippen LogP contribution >= 0.6 is 0 Å². The SMILES string of the molecule is CC(NC(=O)CCCc1c[nH]c2ccccc12)C(N)=O. The number of aryl methyl sites for hydroxylation is 1. The lowest BCUT2D eigenvalue weighted by Crippen LogP contribution is -2.42. The van der Waals surface area contributed by atoms with Gasteiger partial charge in [-0.15, -0.1) is 0 Å². The number of primary amides is 1. The maximum Gasteiger partial charge on any atom is 0.239 e. The quantitative estimate of drug-likeness (QED) is 0.744. The van der Waals surface area contributed by atoms with Crippen LogP contribution in [0.15, 0.2) is 30.5 Å². The van der Waals surface area contributed by atoms with Crippen LogP contribution in [0, 0.1) is 0 Å². The van der Waals surface area contributed by atoms with E-state index in [0.717, 1.165) is 18.4 Å². The minimum absolute atomic E-state index is 0.142. The van der Waals surface area contributed by atoms with Gasteiger partial charge in [0, 0.05) is 23.5 Å². The van der Waals surface area contributed by atoms with E-state index >= 15 is 0 Å². The maximum absolute atomic E-state index is 11.6. The molecule has 1 unspecified atom stereocenters. The molecule has 0 spiro atoms. The van der Waals surface area contributed by atoms with Crippen molar-refractivity contribution < 1.29 is 9.59 Å². The van der Waals surface area contributed by atoms with Crippen molar-refractivity contribution >= 4 is 22.7 Å². The molecule has 0 aliphatic rings. The Hall–Kier alpha value is -2.30. The van der Waals surface area contributed by atoms with Gasteiger partial charge in [0.05, 0.1) is 0 Å². The number of aromatic nitrogens is 1. The molecule has 4 N–H and O–H groups in total. The molecular formula is C15H19N3O2. The molecule has 2 amide bonds. The average Bonchev–Trinajstić information content (AvgIpc) is 2.82. The van der Waals surface area contributed by atoms with Gasteiger partial charge >= 0.3 is 0 Å². The Morgan fingerprint density at radius 2 is 2.10 bits per heavy atom. The van der Waals surface area contributed by atoms with Crippen molar-refractivity contribution in [3.63, 3.8) is 0 Å². The lowest BCUT2D eigenvalue weighted by molar-refractivity contribution is -0.127. The van der Waals surface area contributed by atoms with Gasteiger partial charge in [-0.05, 0) is 31.4 Å². The summed E-state index contributed by atoms with van der Waals surface area (Å²) >= 11 is 0. The Balaban J connectivity index is 1.84. The lowest BCUT2D eigenvalue weighted by Gasteiger charge is -2.09. The molecule has 1 atom stereocenters. The van der Waals surface area contributed by atoms with E-state index < -0.39 is 11.9 Å². The van der Waals surface area contributed by atoms with E-state index in [0.29, 0.717) is 6.42 Å². The number of hydrogen-bond acceptors (Lipinski definition) is 2. The third-order valence-corrected chi connectivity index (χ3v) is 3.33. The fourth-order valence-electron chi connectivity index (χ4n) is 2.16. The Morgan fingerprint density at radius 1 is 1.35 bits per heavy atom. The highest BCUT2D eigenvalue weighted by atomic mass is 16.2. The zero-order chi connectivity index (χ0) is 14.5. The number of nitrogens with two attached hydrogens (primary N) is 1. The van der Waals surface area contributed by atoms with Gasteiger partial charge in [-0.1, -0.05) is 18.2 Å². The number of hydrogen-bond donors (Lipinski definition) is 3. The number of amides is 2. The number of para-hydroxylation sites is 1. The number of benzene rings is 1. The van der Waals surface area contributed by atoms with Crippen molar-refractivity contribution in [1.82, 2.24) is 10.3 Å². The average molecular weight is 273 g/mol. The zero-order valence-corrected chi connectivity index (χ0v) is 11.5. The largest absolute Gasteiger partial charge is 0.368 e. The lowest BCUT2D eigenvalue weighted by atomic mass is 10.1. The van der Waals surface area contributed by atoms with Crippen LogP contribution in [0.5, 0.6) is 0 Å². The van der Waals surface area contributed by atoms with Gasteiger partial charge in [0.1, 0.15) is 6.04 Å². The highest BCUT2D eigenvalue weighted by Gasteiger charge is 2.12. The first kappa shape index (κ1) is 14.1. The molecule has 1 heterocycles. The zero-order valence-electron chi connectivity index (χ0n) is 11.5. The van der Waals surface area contributed by atoms with Crippen LogP contribution in [0.3, 0.4) is 0 Å². The van der Waals surface area contributed by atoms with Gasteiger partial charge in [0.2, 0.25) is 11.8 Å². The van der Waals surface area contributed by atoms with Crippen LogP contribution in [0.2, 0.25) is 0 Å². The molecule has 2 rings (SSSR count). The first-order chi connectivity index (χ1) is 9.58. The second-order valence-corrected chi connectivity index (χ2v) is 4.90. The molecule has 0 bridgehead atoms. The topological polar surface area (TPSA) is 88.0 Å². The molecular weight excluding hydrogens is 254 g/mol. The summed E-state index contributed by atoms with van der Waals surface area (Å²) in [5.41, 5.74) is 7.41. The van der Waals surface area contributed by atoms with Gasteiger partial charge in [0.15, 0.2) is 0 Å². The molecule has 1 aromatic heterocycles. The number of nitrogens with one attached hydrogen (secondary N) is 2. The molecule has 5 heteroatoms.